The van der Waals surface area contributed by atoms with Crippen molar-refractivity contribution in [1.82, 2.24) is 4.57 Å². The van der Waals surface area contributed by atoms with Crippen molar-refractivity contribution in [1.29, 1.82) is 0 Å². The maximum atomic E-state index is 12.9. The molecule has 2 aromatic carbocycles. The number of ketones is 2. The van der Waals surface area contributed by atoms with E-state index in [0.29, 0.717) is 11.1 Å². The largest absolute Gasteiger partial charge is 0.492 e. The fraction of sp³-hybridized carbons (Fsp3) is 0.343. The molecule has 0 amide bonds. The van der Waals surface area contributed by atoms with Crippen molar-refractivity contribution < 1.29 is 23.9 Å². The molecule has 0 unspecified atom stereocenters. The Morgan fingerprint density at radius 1 is 0.976 bits per heavy atom. The van der Waals surface area contributed by atoms with Gasteiger partial charge in [-0.25, -0.2) is 4.79 Å². The van der Waals surface area contributed by atoms with Crippen LogP contribution in [0.1, 0.15) is 105 Å². The summed E-state index contributed by atoms with van der Waals surface area (Å²) in [6.07, 6.45) is 5.12. The zero-order valence-corrected chi connectivity index (χ0v) is 24.9. The molecular formula is C35H37NO5. The zero-order chi connectivity index (χ0) is 29.9. The summed E-state index contributed by atoms with van der Waals surface area (Å²) in [4.78, 5) is 38.2. The summed E-state index contributed by atoms with van der Waals surface area (Å²) in [7, 11) is 3.02. The van der Waals surface area contributed by atoms with E-state index >= 15 is 0 Å². The highest BCUT2D eigenvalue weighted by Crippen LogP contribution is 2.47. The van der Waals surface area contributed by atoms with Crippen molar-refractivity contribution in [3.05, 3.63) is 111 Å². The van der Waals surface area contributed by atoms with Crippen LogP contribution in [0.2, 0.25) is 0 Å². The Morgan fingerprint density at radius 3 is 2.17 bits per heavy atom. The molecule has 0 spiro atoms. The summed E-state index contributed by atoms with van der Waals surface area (Å²) in [6.45, 7) is 15.7. The van der Waals surface area contributed by atoms with Gasteiger partial charge in [-0.15, -0.1) is 0 Å². The maximum Gasteiger partial charge on any atom is 0.338 e. The second-order valence-electron chi connectivity index (χ2n) is 12.5. The predicted molar refractivity (Wildman–Crippen MR) is 159 cm³/mol. The third-order valence-electron chi connectivity index (χ3n) is 8.78. The number of ether oxygens (including phenoxy) is 2. The number of rotatable bonds is 6. The highest BCUT2D eigenvalue weighted by molar-refractivity contribution is 6.23. The van der Waals surface area contributed by atoms with Gasteiger partial charge in [-0.05, 0) is 76.1 Å². The summed E-state index contributed by atoms with van der Waals surface area (Å²) in [6, 6.07) is 11.9. The molecule has 0 bridgehead atoms. The first-order valence-electron chi connectivity index (χ1n) is 13.9. The molecule has 0 N–H and O–H groups in total. The van der Waals surface area contributed by atoms with Crippen LogP contribution in [0, 0.1) is 6.92 Å². The standard InChI is InChI=1S/C35H37NO5/c1-20-15-26-27(35(5,6)14-13-34(26,3)4)16-25(20)21(2)22-9-11-23(12-10-22)33(39)41-19-24-18-36(7)31-28(37)17-29(40-8)32(38)30(24)31/h9-12,15-18H,2,13-14,19H2,1,3-8H3. The predicted octanol–water partition coefficient (Wildman–Crippen LogP) is 7.01. The lowest BCUT2D eigenvalue weighted by Gasteiger charge is -2.42. The van der Waals surface area contributed by atoms with E-state index in [1.165, 1.54) is 29.9 Å². The van der Waals surface area contributed by atoms with Crippen LogP contribution in [0.15, 0.2) is 61.0 Å². The van der Waals surface area contributed by atoms with Gasteiger partial charge in [-0.2, -0.15) is 0 Å². The van der Waals surface area contributed by atoms with Gasteiger partial charge in [0.15, 0.2) is 5.76 Å². The Hall–Kier alpha value is -4.19. The van der Waals surface area contributed by atoms with Crippen molar-refractivity contribution in [2.75, 3.05) is 7.11 Å². The maximum absolute atomic E-state index is 12.9. The van der Waals surface area contributed by atoms with Crippen LogP contribution in [0.25, 0.3) is 5.57 Å². The third-order valence-corrected chi connectivity index (χ3v) is 8.78. The SMILES string of the molecule is C=C(c1ccc(C(=O)OCc2cn(C)c3c2C(=O)C(OC)=CC3=O)cc1)c1cc2c(cc1C)C(C)(C)CCC2(C)C. The number of nitrogens with zero attached hydrogens (tertiary/aromatic N) is 1. The minimum Gasteiger partial charge on any atom is -0.492 e. The van der Waals surface area contributed by atoms with E-state index < -0.39 is 11.8 Å². The molecule has 6 nitrogen and oxygen atoms in total. The van der Waals surface area contributed by atoms with Crippen LogP contribution < -0.4 is 0 Å². The van der Waals surface area contributed by atoms with E-state index in [4.69, 9.17) is 9.47 Å². The van der Waals surface area contributed by atoms with Gasteiger partial charge in [0, 0.05) is 24.9 Å². The van der Waals surface area contributed by atoms with Crippen LogP contribution in [0.5, 0.6) is 0 Å². The normalized spacial score (nSPS) is 16.9. The van der Waals surface area contributed by atoms with Gasteiger partial charge < -0.3 is 14.0 Å². The number of esters is 1. The number of hydrogen-bond acceptors (Lipinski definition) is 5. The molecule has 0 radical (unpaired) electrons. The number of Topliss-reactive ketones (excluding diaryl/α,β-unsaturated/α-hetero) is 1. The third kappa shape index (κ3) is 4.86. The van der Waals surface area contributed by atoms with Crippen molar-refractivity contribution in [2.24, 2.45) is 7.05 Å². The smallest absolute Gasteiger partial charge is 0.338 e. The average molecular weight is 552 g/mol. The highest BCUT2D eigenvalue weighted by atomic mass is 16.5. The van der Waals surface area contributed by atoms with E-state index in [9.17, 15) is 14.4 Å². The van der Waals surface area contributed by atoms with Crippen molar-refractivity contribution >= 4 is 23.1 Å². The Labute approximate surface area is 241 Å². The lowest BCUT2D eigenvalue weighted by Crippen LogP contribution is -2.34. The number of methoxy groups -OCH3 is 1. The lowest BCUT2D eigenvalue weighted by molar-refractivity contribution is 0.0470. The summed E-state index contributed by atoms with van der Waals surface area (Å²) >= 11 is 0. The molecule has 2 aliphatic carbocycles. The number of allylic oxidation sites excluding steroid dienone is 2. The van der Waals surface area contributed by atoms with Crippen molar-refractivity contribution in [3.8, 4) is 0 Å². The first-order valence-corrected chi connectivity index (χ1v) is 13.9. The molecule has 6 heteroatoms. The first kappa shape index (κ1) is 28.3. The molecule has 212 valence electrons. The quantitative estimate of drug-likeness (QED) is 0.308. The molecule has 2 aliphatic rings. The van der Waals surface area contributed by atoms with Crippen LogP contribution in [-0.2, 0) is 34.0 Å². The van der Waals surface area contributed by atoms with Gasteiger partial charge >= 0.3 is 5.97 Å². The van der Waals surface area contributed by atoms with Gasteiger partial charge in [-0.1, -0.05) is 58.5 Å². The van der Waals surface area contributed by atoms with Gasteiger partial charge in [0.05, 0.1) is 18.2 Å². The molecule has 0 atom stereocenters. The topological polar surface area (TPSA) is 74.6 Å². The molecule has 41 heavy (non-hydrogen) atoms. The molecule has 0 saturated heterocycles. The fourth-order valence-corrected chi connectivity index (χ4v) is 6.12. The Morgan fingerprint density at radius 2 is 1.56 bits per heavy atom. The van der Waals surface area contributed by atoms with E-state index in [-0.39, 0.29) is 40.2 Å². The minimum absolute atomic E-state index is 0.0291. The molecule has 0 aliphatic heterocycles. The van der Waals surface area contributed by atoms with Gasteiger partial charge in [0.1, 0.15) is 12.3 Å². The van der Waals surface area contributed by atoms with E-state index in [0.717, 1.165) is 29.5 Å². The van der Waals surface area contributed by atoms with E-state index in [2.05, 4.69) is 53.3 Å². The number of aromatic nitrogens is 1. The second-order valence-corrected chi connectivity index (χ2v) is 12.5. The number of carbonyl (C=O) groups is 3. The van der Waals surface area contributed by atoms with Gasteiger partial charge in [0.25, 0.3) is 0 Å². The van der Waals surface area contributed by atoms with Crippen molar-refractivity contribution in [2.45, 2.75) is 64.9 Å². The minimum atomic E-state index is -0.522. The fourth-order valence-electron chi connectivity index (χ4n) is 6.12. The van der Waals surface area contributed by atoms with Crippen LogP contribution in [0.3, 0.4) is 0 Å². The monoisotopic (exact) mass is 551 g/mol. The summed E-state index contributed by atoms with van der Waals surface area (Å²) in [5.41, 5.74) is 8.48. The molecule has 5 rings (SSSR count). The number of hydrogen-bond donors (Lipinski definition) is 0. The van der Waals surface area contributed by atoms with E-state index in [1.807, 2.05) is 12.1 Å². The summed E-state index contributed by atoms with van der Waals surface area (Å²) in [5.74, 6) is -1.28. The zero-order valence-electron chi connectivity index (χ0n) is 24.9. The van der Waals surface area contributed by atoms with Crippen molar-refractivity contribution in [3.63, 3.8) is 0 Å². The number of aryl methyl sites for hydroxylation is 2. The Kier molecular flexibility index (Phi) is 6.93. The van der Waals surface area contributed by atoms with E-state index in [1.54, 1.807) is 29.9 Å². The summed E-state index contributed by atoms with van der Waals surface area (Å²) in [5, 5.41) is 0. The number of carbonyl (C=O) groups excluding carboxylic acids is 3. The van der Waals surface area contributed by atoms with Gasteiger partial charge in [0.2, 0.25) is 11.6 Å². The Balaban J connectivity index is 1.34. The lowest BCUT2D eigenvalue weighted by atomic mass is 9.62. The molecule has 1 heterocycles. The number of benzene rings is 2. The molecule has 1 aromatic heterocycles. The Bertz CT molecular complexity index is 1650. The second kappa shape index (κ2) is 10.0. The van der Waals surface area contributed by atoms with Gasteiger partial charge in [-0.3, -0.25) is 9.59 Å². The number of fused-ring (bicyclic) bond motifs is 2. The molecule has 0 saturated carbocycles. The average Bonchev–Trinajstić information content (AvgIpc) is 3.28. The van der Waals surface area contributed by atoms with Crippen LogP contribution >= 0.6 is 0 Å². The van der Waals surface area contributed by atoms with Crippen LogP contribution in [-0.4, -0.2) is 29.2 Å². The molecule has 3 aromatic rings. The molecular weight excluding hydrogens is 514 g/mol. The van der Waals surface area contributed by atoms with Crippen LogP contribution in [0.4, 0.5) is 0 Å². The highest BCUT2D eigenvalue weighted by Gasteiger charge is 2.37. The first-order chi connectivity index (χ1) is 19.2. The summed E-state index contributed by atoms with van der Waals surface area (Å²) < 4.78 is 12.2. The molecule has 0 fully saturated rings.